The van der Waals surface area contributed by atoms with Gasteiger partial charge in [0.05, 0.1) is 4.83 Å². The monoisotopic (exact) mass is 295 g/mol. The third-order valence-electron chi connectivity index (χ3n) is 1.89. The molecule has 1 atom stereocenters. The minimum Gasteiger partial charge on any atom is -0.325 e. The number of benzene rings is 1. The maximum absolute atomic E-state index is 12.8. The van der Waals surface area contributed by atoms with Crippen molar-refractivity contribution >= 4 is 27.5 Å². The Kier molecular flexibility index (Phi) is 4.35. The Hall–Kier alpha value is -1.04. The van der Waals surface area contributed by atoms with E-state index in [2.05, 4.69) is 21.2 Å². The Morgan fingerprint density at radius 3 is 2.31 bits per heavy atom. The van der Waals surface area contributed by atoms with Crippen molar-refractivity contribution in [2.75, 3.05) is 5.32 Å². The number of halogens is 4. The van der Waals surface area contributed by atoms with Gasteiger partial charge in [-0.2, -0.15) is 0 Å². The highest BCUT2D eigenvalue weighted by atomic mass is 79.9. The molecule has 0 saturated heterocycles. The van der Waals surface area contributed by atoms with Crippen LogP contribution in [0.2, 0.25) is 0 Å². The third-order valence-corrected chi connectivity index (χ3v) is 2.96. The molecule has 16 heavy (non-hydrogen) atoms. The number of carbonyl (C=O) groups excluding carboxylic acids is 1. The molecule has 1 aromatic carbocycles. The topological polar surface area (TPSA) is 29.1 Å². The molecule has 0 saturated carbocycles. The average molecular weight is 296 g/mol. The largest absolute Gasteiger partial charge is 0.325 e. The van der Waals surface area contributed by atoms with Crippen LogP contribution in [0.4, 0.5) is 18.9 Å². The fraction of sp³-hybridized carbons (Fsp3) is 0.300. The first-order valence-electron chi connectivity index (χ1n) is 4.55. The van der Waals surface area contributed by atoms with Crippen LogP contribution in [-0.2, 0) is 4.79 Å². The number of nitrogens with one attached hydrogen (secondary N) is 1. The van der Waals surface area contributed by atoms with E-state index >= 15 is 0 Å². The first kappa shape index (κ1) is 13.0. The SMILES string of the molecule is CCC(Br)C(=O)Nc1cc(F)c(F)c(F)c1. The Balaban J connectivity index is 2.87. The molecule has 2 nitrogen and oxygen atoms in total. The van der Waals surface area contributed by atoms with Gasteiger partial charge in [0.2, 0.25) is 5.91 Å². The van der Waals surface area contributed by atoms with Crippen LogP contribution in [0.15, 0.2) is 12.1 Å². The van der Waals surface area contributed by atoms with Crippen molar-refractivity contribution in [1.82, 2.24) is 0 Å². The van der Waals surface area contributed by atoms with Crippen molar-refractivity contribution in [2.45, 2.75) is 18.2 Å². The highest BCUT2D eigenvalue weighted by Gasteiger charge is 2.15. The lowest BCUT2D eigenvalue weighted by atomic mass is 10.2. The third kappa shape index (κ3) is 2.98. The number of hydrogen-bond donors (Lipinski definition) is 1. The zero-order valence-electron chi connectivity index (χ0n) is 8.36. The molecule has 0 aliphatic heterocycles. The molecule has 0 spiro atoms. The van der Waals surface area contributed by atoms with Gasteiger partial charge in [0.25, 0.3) is 0 Å². The highest BCUT2D eigenvalue weighted by molar-refractivity contribution is 9.10. The number of alkyl halides is 1. The molecule has 0 bridgehead atoms. The van der Waals surface area contributed by atoms with Gasteiger partial charge >= 0.3 is 0 Å². The number of carbonyl (C=O) groups is 1. The van der Waals surface area contributed by atoms with Gasteiger partial charge in [-0.1, -0.05) is 22.9 Å². The molecule has 6 heteroatoms. The number of amides is 1. The van der Waals surface area contributed by atoms with Crippen LogP contribution in [0.5, 0.6) is 0 Å². The predicted molar refractivity (Wildman–Crippen MR) is 58.0 cm³/mol. The van der Waals surface area contributed by atoms with Crippen molar-refractivity contribution in [1.29, 1.82) is 0 Å². The summed E-state index contributed by atoms with van der Waals surface area (Å²) < 4.78 is 38.2. The molecular formula is C10H9BrF3NO. The maximum Gasteiger partial charge on any atom is 0.238 e. The molecule has 0 aliphatic rings. The van der Waals surface area contributed by atoms with E-state index in [0.29, 0.717) is 6.42 Å². The smallest absolute Gasteiger partial charge is 0.238 e. The highest BCUT2D eigenvalue weighted by Crippen LogP contribution is 2.18. The summed E-state index contributed by atoms with van der Waals surface area (Å²) in [4.78, 5) is 10.9. The lowest BCUT2D eigenvalue weighted by Crippen LogP contribution is -2.22. The standard InChI is InChI=1S/C10H9BrF3NO/c1-2-6(11)10(16)15-5-3-7(12)9(14)8(13)4-5/h3-4,6H,2H2,1H3,(H,15,16). The molecule has 0 heterocycles. The van der Waals surface area contributed by atoms with Crippen LogP contribution in [0, 0.1) is 17.5 Å². The Bertz CT molecular complexity index is 388. The Labute approximate surface area is 99.0 Å². The van der Waals surface area contributed by atoms with E-state index < -0.39 is 28.2 Å². The average Bonchev–Trinajstić information content (AvgIpc) is 2.24. The minimum absolute atomic E-state index is 0.112. The van der Waals surface area contributed by atoms with E-state index in [0.717, 1.165) is 12.1 Å². The van der Waals surface area contributed by atoms with Crippen LogP contribution in [0.1, 0.15) is 13.3 Å². The first-order valence-corrected chi connectivity index (χ1v) is 5.46. The second-order valence-electron chi connectivity index (χ2n) is 3.12. The van der Waals surface area contributed by atoms with Crippen molar-refractivity contribution in [3.05, 3.63) is 29.6 Å². The van der Waals surface area contributed by atoms with Crippen molar-refractivity contribution < 1.29 is 18.0 Å². The van der Waals surface area contributed by atoms with Gasteiger partial charge < -0.3 is 5.32 Å². The maximum atomic E-state index is 12.8. The van der Waals surface area contributed by atoms with Crippen LogP contribution in [-0.4, -0.2) is 10.7 Å². The van der Waals surface area contributed by atoms with Gasteiger partial charge in [0, 0.05) is 17.8 Å². The number of anilines is 1. The minimum atomic E-state index is -1.55. The van der Waals surface area contributed by atoms with Gasteiger partial charge in [0.1, 0.15) is 0 Å². The van der Waals surface area contributed by atoms with Gasteiger partial charge in [-0.3, -0.25) is 4.79 Å². The second-order valence-corrected chi connectivity index (χ2v) is 4.22. The van der Waals surface area contributed by atoms with Gasteiger partial charge in [-0.25, -0.2) is 13.2 Å². The van der Waals surface area contributed by atoms with E-state index in [-0.39, 0.29) is 5.69 Å². The molecule has 0 aromatic heterocycles. The fourth-order valence-corrected chi connectivity index (χ4v) is 1.15. The molecule has 0 aliphatic carbocycles. The summed E-state index contributed by atoms with van der Waals surface area (Å²) >= 11 is 3.08. The molecule has 1 aromatic rings. The summed E-state index contributed by atoms with van der Waals surface area (Å²) in [5.41, 5.74) is -0.112. The molecule has 1 rings (SSSR count). The number of hydrogen-bond acceptors (Lipinski definition) is 1. The zero-order chi connectivity index (χ0) is 12.3. The molecule has 88 valence electrons. The predicted octanol–water partition coefficient (Wildman–Crippen LogP) is 3.22. The van der Waals surface area contributed by atoms with Gasteiger partial charge in [0.15, 0.2) is 17.5 Å². The quantitative estimate of drug-likeness (QED) is 0.673. The first-order chi connectivity index (χ1) is 7.45. The number of rotatable bonds is 3. The molecule has 1 unspecified atom stereocenters. The molecular weight excluding hydrogens is 287 g/mol. The molecule has 1 amide bonds. The van der Waals surface area contributed by atoms with E-state index in [1.807, 2.05) is 0 Å². The van der Waals surface area contributed by atoms with E-state index in [4.69, 9.17) is 0 Å². The van der Waals surface area contributed by atoms with Gasteiger partial charge in [-0.05, 0) is 6.42 Å². The summed E-state index contributed by atoms with van der Waals surface area (Å²) in [5, 5.41) is 2.27. The Morgan fingerprint density at radius 1 is 1.38 bits per heavy atom. The summed E-state index contributed by atoms with van der Waals surface area (Å²) in [6, 6.07) is 1.46. The van der Waals surface area contributed by atoms with Crippen LogP contribution >= 0.6 is 15.9 Å². The van der Waals surface area contributed by atoms with Crippen LogP contribution < -0.4 is 5.32 Å². The lowest BCUT2D eigenvalue weighted by Gasteiger charge is -2.09. The lowest BCUT2D eigenvalue weighted by molar-refractivity contribution is -0.115. The van der Waals surface area contributed by atoms with Crippen LogP contribution in [0.25, 0.3) is 0 Å². The molecule has 0 radical (unpaired) electrons. The summed E-state index contributed by atoms with van der Waals surface area (Å²) in [6.07, 6.45) is 0.526. The van der Waals surface area contributed by atoms with E-state index in [1.54, 1.807) is 6.92 Å². The van der Waals surface area contributed by atoms with E-state index in [9.17, 15) is 18.0 Å². The summed E-state index contributed by atoms with van der Waals surface area (Å²) in [7, 11) is 0. The summed E-state index contributed by atoms with van der Waals surface area (Å²) in [5.74, 6) is -4.66. The Morgan fingerprint density at radius 2 is 1.88 bits per heavy atom. The normalized spacial score (nSPS) is 12.3. The van der Waals surface area contributed by atoms with Gasteiger partial charge in [-0.15, -0.1) is 0 Å². The van der Waals surface area contributed by atoms with Crippen LogP contribution in [0.3, 0.4) is 0 Å². The van der Waals surface area contributed by atoms with Crippen molar-refractivity contribution in [3.63, 3.8) is 0 Å². The zero-order valence-corrected chi connectivity index (χ0v) is 9.95. The fourth-order valence-electron chi connectivity index (χ4n) is 1.03. The van der Waals surface area contributed by atoms with Crippen molar-refractivity contribution in [2.24, 2.45) is 0 Å². The summed E-state index contributed by atoms with van der Waals surface area (Å²) in [6.45, 7) is 1.77. The molecule has 1 N–H and O–H groups in total. The van der Waals surface area contributed by atoms with Crippen molar-refractivity contribution in [3.8, 4) is 0 Å². The second kappa shape index (κ2) is 5.34. The van der Waals surface area contributed by atoms with E-state index in [1.165, 1.54) is 0 Å². The molecule has 0 fully saturated rings.